The fraction of sp³-hybridized carbons (Fsp3) is 0.250. The minimum atomic E-state index is -0.0652. The average Bonchev–Trinajstić information content (AvgIpc) is 2.64. The quantitative estimate of drug-likeness (QED) is 0.630. The van der Waals surface area contributed by atoms with Gasteiger partial charge in [0.25, 0.3) is 0 Å². The normalized spacial score (nSPS) is 15.3. The predicted molar refractivity (Wildman–Crippen MR) is 111 cm³/mol. The lowest BCUT2D eigenvalue weighted by Gasteiger charge is -2.32. The molecule has 3 nitrogen and oxygen atoms in total. The van der Waals surface area contributed by atoms with Crippen molar-refractivity contribution in [3.05, 3.63) is 77.5 Å². The third-order valence-electron chi connectivity index (χ3n) is 5.18. The second-order valence-electron chi connectivity index (χ2n) is 8.08. The summed E-state index contributed by atoms with van der Waals surface area (Å²) in [4.78, 5) is 18.0. The monoisotopic (exact) mass is 356 g/mol. The highest BCUT2D eigenvalue weighted by molar-refractivity contribution is 6.06. The lowest BCUT2D eigenvalue weighted by Crippen LogP contribution is -2.29. The molecule has 27 heavy (non-hydrogen) atoms. The first-order valence-electron chi connectivity index (χ1n) is 9.39. The average molecular weight is 356 g/mol. The summed E-state index contributed by atoms with van der Waals surface area (Å²) in [6.07, 6.45) is 1.37. The number of nitrogens with one attached hydrogen (secondary N) is 1. The zero-order chi connectivity index (χ0) is 19.0. The highest BCUT2D eigenvalue weighted by Crippen LogP contribution is 2.41. The van der Waals surface area contributed by atoms with Crippen LogP contribution in [0, 0.1) is 12.3 Å². The molecule has 0 atom stereocenters. The predicted octanol–water partition coefficient (Wildman–Crippen LogP) is 5.96. The van der Waals surface area contributed by atoms with Gasteiger partial charge >= 0.3 is 0 Å². The van der Waals surface area contributed by atoms with Crippen molar-refractivity contribution in [2.24, 2.45) is 5.41 Å². The van der Waals surface area contributed by atoms with Crippen molar-refractivity contribution in [3.8, 4) is 11.1 Å². The van der Waals surface area contributed by atoms with E-state index in [1.807, 2.05) is 55.5 Å². The number of pyridine rings is 1. The summed E-state index contributed by atoms with van der Waals surface area (Å²) in [5, 5.41) is 3.45. The number of hydrogen-bond acceptors (Lipinski definition) is 3. The Morgan fingerprint density at radius 3 is 2.19 bits per heavy atom. The number of nitrogens with zero attached hydrogens (tertiary/aromatic N) is 1. The van der Waals surface area contributed by atoms with Gasteiger partial charge in [-0.15, -0.1) is 0 Å². The van der Waals surface area contributed by atoms with Gasteiger partial charge in [-0.25, -0.2) is 4.98 Å². The van der Waals surface area contributed by atoms with E-state index in [4.69, 9.17) is 4.98 Å². The number of fused-ring (bicyclic) bond motifs is 1. The van der Waals surface area contributed by atoms with Gasteiger partial charge in [0.05, 0.1) is 5.69 Å². The van der Waals surface area contributed by atoms with Crippen LogP contribution in [0.15, 0.2) is 60.7 Å². The second kappa shape index (κ2) is 6.66. The molecule has 0 unspecified atom stereocenters. The summed E-state index contributed by atoms with van der Waals surface area (Å²) in [6.45, 7) is 6.33. The topological polar surface area (TPSA) is 42.0 Å². The zero-order valence-corrected chi connectivity index (χ0v) is 16.0. The van der Waals surface area contributed by atoms with Crippen LogP contribution < -0.4 is 5.32 Å². The van der Waals surface area contributed by atoms with Crippen LogP contribution in [0.5, 0.6) is 0 Å². The number of hydrogen-bond donors (Lipinski definition) is 1. The molecule has 0 radical (unpaired) electrons. The Morgan fingerprint density at radius 1 is 0.889 bits per heavy atom. The Balaban J connectivity index is 1.93. The lowest BCUT2D eigenvalue weighted by molar-refractivity contribution is 0.0911. The molecule has 2 aromatic carbocycles. The van der Waals surface area contributed by atoms with Crippen molar-refractivity contribution in [3.63, 3.8) is 0 Å². The molecule has 0 fully saturated rings. The smallest absolute Gasteiger partial charge is 0.165 e. The van der Waals surface area contributed by atoms with Crippen molar-refractivity contribution in [1.82, 2.24) is 4.98 Å². The fourth-order valence-electron chi connectivity index (χ4n) is 3.94. The van der Waals surface area contributed by atoms with Gasteiger partial charge in [0.15, 0.2) is 5.78 Å². The molecule has 1 heterocycles. The fourth-order valence-corrected chi connectivity index (χ4v) is 3.94. The minimum Gasteiger partial charge on any atom is -0.340 e. The minimum absolute atomic E-state index is 0.0652. The van der Waals surface area contributed by atoms with Gasteiger partial charge in [0.2, 0.25) is 0 Å². The van der Waals surface area contributed by atoms with E-state index in [1.54, 1.807) is 0 Å². The summed E-state index contributed by atoms with van der Waals surface area (Å²) in [6, 6.07) is 20.2. The third kappa shape index (κ3) is 3.37. The maximum atomic E-state index is 13.1. The van der Waals surface area contributed by atoms with E-state index in [1.165, 1.54) is 0 Å². The number of anilines is 2. The molecule has 4 rings (SSSR count). The lowest BCUT2D eigenvalue weighted by atomic mass is 9.73. The van der Waals surface area contributed by atoms with Crippen LogP contribution >= 0.6 is 0 Å². The van der Waals surface area contributed by atoms with E-state index >= 15 is 0 Å². The first-order valence-corrected chi connectivity index (χ1v) is 9.39. The van der Waals surface area contributed by atoms with Gasteiger partial charge in [-0.3, -0.25) is 4.79 Å². The Kier molecular flexibility index (Phi) is 4.31. The number of para-hydroxylation sites is 1. The Hall–Kier alpha value is -2.94. The summed E-state index contributed by atoms with van der Waals surface area (Å²) in [7, 11) is 0. The molecule has 1 aromatic heterocycles. The maximum Gasteiger partial charge on any atom is 0.165 e. The van der Waals surface area contributed by atoms with Gasteiger partial charge in [-0.2, -0.15) is 0 Å². The number of carbonyl (C=O) groups is 1. The van der Waals surface area contributed by atoms with Crippen LogP contribution in [0.4, 0.5) is 11.5 Å². The standard InChI is InChI=1S/C24H24N2O/c1-16-21(17-10-6-4-7-11-17)22-19(14-24(2,3)15-20(22)27)26-23(16)25-18-12-8-5-9-13-18/h4-13H,14-15H2,1-3H3,(H,25,26). The summed E-state index contributed by atoms with van der Waals surface area (Å²) >= 11 is 0. The molecule has 136 valence electrons. The van der Waals surface area contributed by atoms with Crippen molar-refractivity contribution in [2.45, 2.75) is 33.6 Å². The number of benzene rings is 2. The molecule has 1 aliphatic rings. The first-order chi connectivity index (χ1) is 12.9. The van der Waals surface area contributed by atoms with Gasteiger partial charge < -0.3 is 5.32 Å². The second-order valence-corrected chi connectivity index (χ2v) is 8.08. The van der Waals surface area contributed by atoms with Crippen LogP contribution in [0.1, 0.15) is 41.9 Å². The number of aromatic nitrogens is 1. The SMILES string of the molecule is Cc1c(Nc2ccccc2)nc2c(c1-c1ccccc1)C(=O)CC(C)(C)C2. The molecule has 0 spiro atoms. The molecule has 0 aliphatic heterocycles. The molecule has 0 bridgehead atoms. The van der Waals surface area contributed by atoms with Crippen molar-refractivity contribution in [2.75, 3.05) is 5.32 Å². The van der Waals surface area contributed by atoms with E-state index in [-0.39, 0.29) is 11.2 Å². The van der Waals surface area contributed by atoms with Crippen molar-refractivity contribution < 1.29 is 4.79 Å². The van der Waals surface area contributed by atoms with E-state index in [9.17, 15) is 4.79 Å². The van der Waals surface area contributed by atoms with Crippen LogP contribution in [0.25, 0.3) is 11.1 Å². The van der Waals surface area contributed by atoms with Crippen LogP contribution in [-0.4, -0.2) is 10.8 Å². The van der Waals surface area contributed by atoms with E-state index < -0.39 is 0 Å². The highest BCUT2D eigenvalue weighted by atomic mass is 16.1. The summed E-state index contributed by atoms with van der Waals surface area (Å²) in [5.74, 6) is 1.02. The highest BCUT2D eigenvalue weighted by Gasteiger charge is 2.35. The Morgan fingerprint density at radius 2 is 1.52 bits per heavy atom. The first kappa shape index (κ1) is 17.5. The van der Waals surface area contributed by atoms with Gasteiger partial charge in [-0.05, 0) is 36.5 Å². The maximum absolute atomic E-state index is 13.1. The Bertz CT molecular complexity index is 992. The van der Waals surface area contributed by atoms with Gasteiger partial charge in [0, 0.05) is 28.8 Å². The van der Waals surface area contributed by atoms with E-state index in [0.29, 0.717) is 6.42 Å². The largest absolute Gasteiger partial charge is 0.340 e. The zero-order valence-electron chi connectivity index (χ0n) is 16.0. The Labute approximate surface area is 160 Å². The molecular formula is C24H24N2O. The molecule has 1 N–H and O–H groups in total. The van der Waals surface area contributed by atoms with Crippen molar-refractivity contribution in [1.29, 1.82) is 0 Å². The molecule has 3 heteroatoms. The van der Waals surface area contributed by atoms with E-state index in [0.717, 1.165) is 45.9 Å². The van der Waals surface area contributed by atoms with Gasteiger partial charge in [0.1, 0.15) is 5.82 Å². The number of carbonyl (C=O) groups excluding carboxylic acids is 1. The summed E-state index contributed by atoms with van der Waals surface area (Å²) in [5.41, 5.74) is 5.73. The molecule has 0 amide bonds. The van der Waals surface area contributed by atoms with E-state index in [2.05, 4.69) is 31.3 Å². The molecule has 0 saturated carbocycles. The third-order valence-corrected chi connectivity index (χ3v) is 5.18. The van der Waals surface area contributed by atoms with Crippen LogP contribution in [-0.2, 0) is 6.42 Å². The van der Waals surface area contributed by atoms with Gasteiger partial charge in [-0.1, -0.05) is 62.4 Å². The molecule has 0 saturated heterocycles. The number of rotatable bonds is 3. The summed E-state index contributed by atoms with van der Waals surface area (Å²) < 4.78 is 0. The van der Waals surface area contributed by atoms with Crippen LogP contribution in [0.2, 0.25) is 0 Å². The van der Waals surface area contributed by atoms with Crippen LogP contribution in [0.3, 0.4) is 0 Å². The molecule has 3 aromatic rings. The number of Topliss-reactive ketones (excluding diaryl/α,β-unsaturated/α-hetero) is 1. The molecule has 1 aliphatic carbocycles. The molecular weight excluding hydrogens is 332 g/mol. The van der Waals surface area contributed by atoms with Crippen molar-refractivity contribution >= 4 is 17.3 Å². The number of ketones is 1.